The Kier molecular flexibility index (Phi) is 6.33. The van der Waals surface area contributed by atoms with Gasteiger partial charge < -0.3 is 19.4 Å². The molecule has 0 spiro atoms. The lowest BCUT2D eigenvalue weighted by molar-refractivity contribution is -0.142. The molecule has 2 saturated heterocycles. The standard InChI is InChI=1S/C19H25N3O6/c1-27-17(24)11-13-6-8-21(9-7-13)16(23)5-4-15-18(25)22(19(26)20-15)12-14-3-2-10-28-14/h2-3,10,13,15H,4-9,11-12H2,1H3,(H,20,26)/t15-/m1/s1. The quantitative estimate of drug-likeness (QED) is 0.554. The maximum Gasteiger partial charge on any atom is 0.325 e. The van der Waals surface area contributed by atoms with Crippen LogP contribution < -0.4 is 5.32 Å². The van der Waals surface area contributed by atoms with Gasteiger partial charge in [0.25, 0.3) is 5.91 Å². The minimum Gasteiger partial charge on any atom is -0.469 e. The SMILES string of the molecule is COC(=O)CC1CCN(C(=O)CC[C@H]2NC(=O)N(Cc3ccco3)C2=O)CC1. The van der Waals surface area contributed by atoms with Crippen LogP contribution in [0.4, 0.5) is 4.79 Å². The number of urea groups is 1. The molecule has 152 valence electrons. The van der Waals surface area contributed by atoms with Crippen LogP contribution in [0.3, 0.4) is 0 Å². The van der Waals surface area contributed by atoms with E-state index in [1.807, 2.05) is 0 Å². The van der Waals surface area contributed by atoms with E-state index in [4.69, 9.17) is 4.42 Å². The molecule has 9 heteroatoms. The fourth-order valence-electron chi connectivity index (χ4n) is 3.61. The summed E-state index contributed by atoms with van der Waals surface area (Å²) in [5, 5.41) is 2.63. The molecule has 1 aromatic heterocycles. The zero-order chi connectivity index (χ0) is 20.1. The molecule has 1 aromatic rings. The molecular formula is C19H25N3O6. The van der Waals surface area contributed by atoms with E-state index >= 15 is 0 Å². The lowest BCUT2D eigenvalue weighted by Crippen LogP contribution is -2.40. The minimum absolute atomic E-state index is 0.0388. The third kappa shape index (κ3) is 4.71. The number of piperidine rings is 1. The van der Waals surface area contributed by atoms with Crippen LogP contribution in [0, 0.1) is 5.92 Å². The molecule has 0 aromatic carbocycles. The van der Waals surface area contributed by atoms with E-state index in [1.165, 1.54) is 13.4 Å². The van der Waals surface area contributed by atoms with Crippen LogP contribution in [-0.2, 0) is 25.7 Å². The Morgan fingerprint density at radius 1 is 1.29 bits per heavy atom. The fraction of sp³-hybridized carbons (Fsp3) is 0.579. The Balaban J connectivity index is 1.43. The van der Waals surface area contributed by atoms with Crippen molar-refractivity contribution in [2.24, 2.45) is 5.92 Å². The Bertz CT molecular complexity index is 724. The molecule has 1 N–H and O–H groups in total. The highest BCUT2D eigenvalue weighted by molar-refractivity contribution is 6.04. The summed E-state index contributed by atoms with van der Waals surface area (Å²) in [6.07, 6.45) is 3.84. The minimum atomic E-state index is -0.691. The maximum atomic E-state index is 12.4. The van der Waals surface area contributed by atoms with E-state index in [1.54, 1.807) is 17.0 Å². The summed E-state index contributed by atoms with van der Waals surface area (Å²) in [4.78, 5) is 51.1. The number of furan rings is 1. The van der Waals surface area contributed by atoms with Gasteiger partial charge in [-0.3, -0.25) is 19.3 Å². The van der Waals surface area contributed by atoms with Crippen LogP contribution in [0.2, 0.25) is 0 Å². The van der Waals surface area contributed by atoms with Crippen molar-refractivity contribution in [3.05, 3.63) is 24.2 Å². The van der Waals surface area contributed by atoms with Gasteiger partial charge >= 0.3 is 12.0 Å². The van der Waals surface area contributed by atoms with Gasteiger partial charge in [0.15, 0.2) is 0 Å². The lowest BCUT2D eigenvalue weighted by atomic mass is 9.93. The first-order chi connectivity index (χ1) is 13.5. The normalized spacial score (nSPS) is 20.4. The molecule has 3 heterocycles. The average molecular weight is 391 g/mol. The largest absolute Gasteiger partial charge is 0.469 e. The van der Waals surface area contributed by atoms with Crippen LogP contribution in [0.5, 0.6) is 0 Å². The van der Waals surface area contributed by atoms with Gasteiger partial charge in [0.2, 0.25) is 5.91 Å². The van der Waals surface area contributed by atoms with Gasteiger partial charge in [0, 0.05) is 25.9 Å². The summed E-state index contributed by atoms with van der Waals surface area (Å²) in [5.41, 5.74) is 0. The Labute approximate surface area is 163 Å². The lowest BCUT2D eigenvalue weighted by Gasteiger charge is -2.31. The Hall–Kier alpha value is -2.84. The van der Waals surface area contributed by atoms with Crippen molar-refractivity contribution in [3.63, 3.8) is 0 Å². The van der Waals surface area contributed by atoms with E-state index in [0.29, 0.717) is 25.3 Å². The molecule has 2 aliphatic rings. The highest BCUT2D eigenvalue weighted by atomic mass is 16.5. The maximum absolute atomic E-state index is 12.4. The molecule has 9 nitrogen and oxygen atoms in total. The second-order valence-corrected chi connectivity index (χ2v) is 7.15. The number of esters is 1. The molecule has 3 rings (SSSR count). The second-order valence-electron chi connectivity index (χ2n) is 7.15. The molecule has 2 fully saturated rings. The molecule has 28 heavy (non-hydrogen) atoms. The number of carbonyl (C=O) groups is 4. The van der Waals surface area contributed by atoms with E-state index in [2.05, 4.69) is 10.1 Å². The number of rotatable bonds is 7. The van der Waals surface area contributed by atoms with Gasteiger partial charge in [0.1, 0.15) is 11.8 Å². The number of likely N-dealkylation sites (tertiary alicyclic amines) is 1. The van der Waals surface area contributed by atoms with Crippen LogP contribution in [0.15, 0.2) is 22.8 Å². The first-order valence-electron chi connectivity index (χ1n) is 9.46. The second kappa shape index (κ2) is 8.90. The van der Waals surface area contributed by atoms with Gasteiger partial charge in [-0.25, -0.2) is 4.79 Å². The first-order valence-corrected chi connectivity index (χ1v) is 9.46. The van der Waals surface area contributed by atoms with Gasteiger partial charge in [-0.1, -0.05) is 0 Å². The molecule has 1 atom stereocenters. The van der Waals surface area contributed by atoms with Crippen LogP contribution in [0.25, 0.3) is 0 Å². The predicted octanol–water partition coefficient (Wildman–Crippen LogP) is 1.28. The Morgan fingerprint density at radius 2 is 2.04 bits per heavy atom. The number of nitrogens with zero attached hydrogens (tertiary/aromatic N) is 2. The fourth-order valence-corrected chi connectivity index (χ4v) is 3.61. The van der Waals surface area contributed by atoms with Gasteiger partial charge in [-0.2, -0.15) is 0 Å². The van der Waals surface area contributed by atoms with Crippen molar-refractivity contribution in [2.75, 3.05) is 20.2 Å². The smallest absolute Gasteiger partial charge is 0.325 e. The molecule has 2 aliphatic heterocycles. The predicted molar refractivity (Wildman–Crippen MR) is 96.7 cm³/mol. The number of imide groups is 1. The summed E-state index contributed by atoms with van der Waals surface area (Å²) in [6, 6.07) is 2.23. The van der Waals surface area contributed by atoms with Crippen molar-refractivity contribution in [3.8, 4) is 0 Å². The number of carbonyl (C=O) groups excluding carboxylic acids is 4. The van der Waals surface area contributed by atoms with Crippen molar-refractivity contribution in [2.45, 2.75) is 44.7 Å². The Morgan fingerprint density at radius 3 is 2.68 bits per heavy atom. The average Bonchev–Trinajstić information content (AvgIpc) is 3.30. The molecule has 0 radical (unpaired) electrons. The van der Waals surface area contributed by atoms with E-state index < -0.39 is 12.1 Å². The third-order valence-corrected chi connectivity index (χ3v) is 5.30. The molecule has 0 bridgehead atoms. The molecule has 0 saturated carbocycles. The zero-order valence-electron chi connectivity index (χ0n) is 15.9. The van der Waals surface area contributed by atoms with Crippen molar-refractivity contribution >= 4 is 23.8 Å². The summed E-state index contributed by atoms with van der Waals surface area (Å²) in [5.74, 6) is 0.158. The third-order valence-electron chi connectivity index (χ3n) is 5.30. The van der Waals surface area contributed by atoms with Crippen LogP contribution in [-0.4, -0.2) is 59.9 Å². The number of hydrogen-bond acceptors (Lipinski definition) is 6. The highest BCUT2D eigenvalue weighted by Crippen LogP contribution is 2.22. The molecule has 0 aliphatic carbocycles. The van der Waals surface area contributed by atoms with Crippen molar-refractivity contribution in [1.29, 1.82) is 0 Å². The van der Waals surface area contributed by atoms with Gasteiger partial charge in [0.05, 0.1) is 19.9 Å². The van der Waals surface area contributed by atoms with E-state index in [-0.39, 0.29) is 43.1 Å². The highest BCUT2D eigenvalue weighted by Gasteiger charge is 2.38. The summed E-state index contributed by atoms with van der Waals surface area (Å²) < 4.78 is 9.87. The number of amides is 4. The molecule has 0 unspecified atom stereocenters. The first kappa shape index (κ1) is 19.9. The monoisotopic (exact) mass is 391 g/mol. The summed E-state index contributed by atoms with van der Waals surface area (Å²) >= 11 is 0. The summed E-state index contributed by atoms with van der Waals surface area (Å²) in [7, 11) is 1.37. The van der Waals surface area contributed by atoms with Crippen molar-refractivity contribution < 1.29 is 28.3 Å². The zero-order valence-corrected chi connectivity index (χ0v) is 15.9. The van der Waals surface area contributed by atoms with E-state index in [9.17, 15) is 19.2 Å². The number of hydrogen-bond donors (Lipinski definition) is 1. The van der Waals surface area contributed by atoms with Gasteiger partial charge in [-0.15, -0.1) is 0 Å². The van der Waals surface area contributed by atoms with Crippen LogP contribution >= 0.6 is 0 Å². The number of methoxy groups -OCH3 is 1. The van der Waals surface area contributed by atoms with Crippen LogP contribution in [0.1, 0.15) is 37.9 Å². The van der Waals surface area contributed by atoms with Crippen molar-refractivity contribution in [1.82, 2.24) is 15.1 Å². The number of ether oxygens (including phenoxy) is 1. The molecular weight excluding hydrogens is 366 g/mol. The summed E-state index contributed by atoms with van der Waals surface area (Å²) in [6.45, 7) is 1.27. The number of nitrogens with one attached hydrogen (secondary N) is 1. The van der Waals surface area contributed by atoms with E-state index in [0.717, 1.165) is 17.7 Å². The van der Waals surface area contributed by atoms with Gasteiger partial charge in [-0.05, 0) is 37.3 Å². The topological polar surface area (TPSA) is 109 Å². The molecule has 4 amide bonds.